The summed E-state index contributed by atoms with van der Waals surface area (Å²) in [5.74, 6) is 0.412. The van der Waals surface area contributed by atoms with Gasteiger partial charge in [0.15, 0.2) is 5.76 Å². The zero-order valence-electron chi connectivity index (χ0n) is 14.1. The average molecular weight is 381 g/mol. The monoisotopic (exact) mass is 380 g/mol. The Labute approximate surface area is 155 Å². The molecule has 0 unspecified atom stereocenters. The van der Waals surface area contributed by atoms with Gasteiger partial charge < -0.3 is 14.9 Å². The number of anilines is 1. The van der Waals surface area contributed by atoms with Crippen LogP contribution in [0.15, 0.2) is 27.8 Å². The molecule has 25 heavy (non-hydrogen) atoms. The van der Waals surface area contributed by atoms with Crippen LogP contribution < -0.4 is 5.32 Å². The van der Waals surface area contributed by atoms with Crippen molar-refractivity contribution in [3.63, 3.8) is 0 Å². The lowest BCUT2D eigenvalue weighted by Gasteiger charge is -2.28. The zero-order valence-corrected chi connectivity index (χ0v) is 15.6. The summed E-state index contributed by atoms with van der Waals surface area (Å²) < 4.78 is 5.83. The van der Waals surface area contributed by atoms with E-state index in [0.29, 0.717) is 46.2 Å². The summed E-state index contributed by atoms with van der Waals surface area (Å²) in [6.07, 6.45) is 1.27. The van der Waals surface area contributed by atoms with E-state index in [1.807, 2.05) is 0 Å². The van der Waals surface area contributed by atoms with Gasteiger partial charge in [0.05, 0.1) is 21.4 Å². The topological polar surface area (TPSA) is 74.8 Å². The highest BCUT2D eigenvalue weighted by molar-refractivity contribution is 6.44. The molecule has 1 heterocycles. The molecule has 0 fully saturated rings. The minimum absolute atomic E-state index is 0.108. The molecule has 1 aromatic heterocycles. The number of nitrogens with zero attached hydrogens (tertiary/aromatic N) is 1. The van der Waals surface area contributed by atoms with E-state index in [4.69, 9.17) is 27.6 Å². The fourth-order valence-electron chi connectivity index (χ4n) is 3.20. The Morgan fingerprint density at radius 1 is 1.32 bits per heavy atom. The number of hydrogen-bond donors (Lipinski definition) is 2. The first-order chi connectivity index (χ1) is 11.7. The van der Waals surface area contributed by atoms with Gasteiger partial charge in [-0.1, -0.05) is 48.3 Å². The first-order valence-electron chi connectivity index (χ1n) is 7.82. The number of nitrogens with one attached hydrogen (secondary N) is 1. The van der Waals surface area contributed by atoms with E-state index in [1.165, 1.54) is 0 Å². The second-order valence-corrected chi connectivity index (χ2v) is 7.76. The minimum atomic E-state index is -0.425. The molecule has 1 aliphatic rings. The van der Waals surface area contributed by atoms with Crippen LogP contribution in [0.5, 0.6) is 0 Å². The third-order valence-corrected chi connectivity index (χ3v) is 5.14. The van der Waals surface area contributed by atoms with Crippen molar-refractivity contribution in [3.8, 4) is 0 Å². The Hall–Kier alpha value is -1.98. The quantitative estimate of drug-likeness (QED) is 0.548. The molecule has 7 heteroatoms. The zero-order chi connectivity index (χ0) is 18.4. The minimum Gasteiger partial charge on any atom is -0.455 e. The van der Waals surface area contributed by atoms with Crippen LogP contribution in [-0.2, 0) is 6.42 Å². The van der Waals surface area contributed by atoms with Crippen LogP contribution in [0.2, 0.25) is 10.0 Å². The van der Waals surface area contributed by atoms with Gasteiger partial charge in [-0.25, -0.2) is 0 Å². The third kappa shape index (κ3) is 3.26. The number of halogens is 2. The molecule has 2 N–H and O–H groups in total. The van der Waals surface area contributed by atoms with Gasteiger partial charge in [-0.05, 0) is 30.9 Å². The number of carbonyl (C=O) groups is 1. The van der Waals surface area contributed by atoms with Gasteiger partial charge in [0.2, 0.25) is 0 Å². The van der Waals surface area contributed by atoms with E-state index in [1.54, 1.807) is 25.1 Å². The highest BCUT2D eigenvalue weighted by atomic mass is 35.5. The second kappa shape index (κ2) is 6.39. The smallest absolute Gasteiger partial charge is 0.291 e. The van der Waals surface area contributed by atoms with E-state index >= 15 is 0 Å². The number of benzene rings is 1. The molecule has 0 saturated carbocycles. The average Bonchev–Trinajstić information content (AvgIpc) is 2.86. The van der Waals surface area contributed by atoms with Crippen molar-refractivity contribution in [2.24, 2.45) is 10.6 Å². The summed E-state index contributed by atoms with van der Waals surface area (Å²) in [5, 5.41) is 16.1. The van der Waals surface area contributed by atoms with Crippen LogP contribution in [0, 0.1) is 12.3 Å². The predicted octanol–water partition coefficient (Wildman–Crippen LogP) is 5.30. The summed E-state index contributed by atoms with van der Waals surface area (Å²) in [7, 11) is 0. The molecule has 1 amide bonds. The number of amides is 1. The molecule has 2 aromatic rings. The second-order valence-electron chi connectivity index (χ2n) is 6.97. The van der Waals surface area contributed by atoms with Crippen LogP contribution in [0.4, 0.5) is 5.69 Å². The normalized spacial score (nSPS) is 17.4. The lowest BCUT2D eigenvalue weighted by Crippen LogP contribution is -2.27. The van der Waals surface area contributed by atoms with Crippen molar-refractivity contribution in [3.05, 3.63) is 50.9 Å². The Balaban J connectivity index is 1.98. The number of hydrogen-bond acceptors (Lipinski definition) is 4. The van der Waals surface area contributed by atoms with E-state index in [2.05, 4.69) is 24.3 Å². The summed E-state index contributed by atoms with van der Waals surface area (Å²) in [5.41, 5.74) is 2.19. The van der Waals surface area contributed by atoms with Crippen molar-refractivity contribution in [2.45, 2.75) is 33.6 Å². The van der Waals surface area contributed by atoms with Gasteiger partial charge >= 0.3 is 0 Å². The highest BCUT2D eigenvalue weighted by Gasteiger charge is 2.36. The predicted molar refractivity (Wildman–Crippen MR) is 98.3 cm³/mol. The molecular weight excluding hydrogens is 363 g/mol. The van der Waals surface area contributed by atoms with Gasteiger partial charge in [-0.3, -0.25) is 4.79 Å². The van der Waals surface area contributed by atoms with Crippen LogP contribution in [0.25, 0.3) is 0 Å². The number of oxime groups is 1. The van der Waals surface area contributed by atoms with Crippen LogP contribution >= 0.6 is 23.2 Å². The maximum absolute atomic E-state index is 12.7. The molecule has 0 saturated heterocycles. The summed E-state index contributed by atoms with van der Waals surface area (Å²) in [6.45, 7) is 5.90. The van der Waals surface area contributed by atoms with E-state index in [0.717, 1.165) is 0 Å². The van der Waals surface area contributed by atoms with Gasteiger partial charge in [-0.2, -0.15) is 0 Å². The highest BCUT2D eigenvalue weighted by Crippen LogP contribution is 2.39. The van der Waals surface area contributed by atoms with Gasteiger partial charge in [0.25, 0.3) is 5.91 Å². The molecule has 3 rings (SSSR count). The molecule has 1 aliphatic carbocycles. The Morgan fingerprint density at radius 2 is 2.04 bits per heavy atom. The van der Waals surface area contributed by atoms with Crippen molar-refractivity contribution in [1.29, 1.82) is 0 Å². The van der Waals surface area contributed by atoms with Crippen LogP contribution in [0.3, 0.4) is 0 Å². The van der Waals surface area contributed by atoms with Crippen LogP contribution in [-0.4, -0.2) is 16.8 Å². The molecule has 5 nitrogen and oxygen atoms in total. The third-order valence-electron chi connectivity index (χ3n) is 4.32. The van der Waals surface area contributed by atoms with Gasteiger partial charge in [0, 0.05) is 17.5 Å². The van der Waals surface area contributed by atoms with Gasteiger partial charge in [0.1, 0.15) is 5.76 Å². The molecule has 0 aliphatic heterocycles. The van der Waals surface area contributed by atoms with E-state index in [9.17, 15) is 10.0 Å². The molecule has 1 aromatic carbocycles. The van der Waals surface area contributed by atoms with E-state index < -0.39 is 5.91 Å². The first-order valence-corrected chi connectivity index (χ1v) is 8.58. The lowest BCUT2D eigenvalue weighted by molar-refractivity contribution is 0.0993. The number of furan rings is 1. The van der Waals surface area contributed by atoms with Gasteiger partial charge in [-0.15, -0.1) is 0 Å². The molecule has 0 atom stereocenters. The largest absolute Gasteiger partial charge is 0.455 e. The summed E-state index contributed by atoms with van der Waals surface area (Å²) in [6, 6.07) is 5.00. The fourth-order valence-corrected chi connectivity index (χ4v) is 3.54. The van der Waals surface area contributed by atoms with Crippen molar-refractivity contribution in [1.82, 2.24) is 0 Å². The van der Waals surface area contributed by atoms with Crippen molar-refractivity contribution < 1.29 is 14.4 Å². The maximum Gasteiger partial charge on any atom is 0.291 e. The fraction of sp³-hybridized carbons (Fsp3) is 0.333. The maximum atomic E-state index is 12.7. The molecule has 0 bridgehead atoms. The molecule has 0 spiro atoms. The Kier molecular flexibility index (Phi) is 4.56. The number of fused-ring (bicyclic) bond motifs is 1. The molecule has 0 radical (unpaired) electrons. The molecular formula is C18H18Cl2N2O3. The van der Waals surface area contributed by atoms with Crippen molar-refractivity contribution >= 4 is 40.5 Å². The summed E-state index contributed by atoms with van der Waals surface area (Å²) in [4.78, 5) is 12.7. The number of carbonyl (C=O) groups excluding carboxylic acids is 1. The SMILES string of the molecule is Cc1c(C(=O)Nc2cccc(Cl)c2Cl)oc2c1/C(=N\O)CC(C)(C)C2. The van der Waals surface area contributed by atoms with Crippen molar-refractivity contribution in [2.75, 3.05) is 5.32 Å². The standard InChI is InChI=1S/C18H18Cl2N2O3/c1-9-14-12(22-24)7-18(2,3)8-13(14)25-16(9)17(23)21-11-6-4-5-10(19)15(11)20/h4-6,24H,7-8H2,1-3H3,(H,21,23)/b22-12-. The molecule has 132 valence electrons. The number of rotatable bonds is 2. The lowest BCUT2D eigenvalue weighted by atomic mass is 9.75. The Morgan fingerprint density at radius 3 is 2.72 bits per heavy atom. The summed E-state index contributed by atoms with van der Waals surface area (Å²) >= 11 is 12.1. The van der Waals surface area contributed by atoms with Crippen LogP contribution in [0.1, 0.15) is 47.7 Å². The Bertz CT molecular complexity index is 885. The first kappa shape index (κ1) is 17.8. The van der Waals surface area contributed by atoms with E-state index in [-0.39, 0.29) is 16.2 Å².